The highest BCUT2D eigenvalue weighted by molar-refractivity contribution is 7.25. The van der Waals surface area contributed by atoms with Gasteiger partial charge in [0.05, 0.1) is 5.69 Å². The fourth-order valence-electron chi connectivity index (χ4n) is 9.50. The Morgan fingerprint density at radius 1 is 0.266 bits per heavy atom. The lowest BCUT2D eigenvalue weighted by Gasteiger charge is -2.28. The summed E-state index contributed by atoms with van der Waals surface area (Å²) in [7, 11) is 0. The molecule has 12 aromatic rings. The van der Waals surface area contributed by atoms with Gasteiger partial charge in [0.2, 0.25) is 0 Å². The largest absolute Gasteiger partial charge is 0.310 e. The molecule has 0 aliphatic heterocycles. The molecular formula is C62H41NS. The molecule has 0 radical (unpaired) electrons. The van der Waals surface area contributed by atoms with E-state index in [1.54, 1.807) is 0 Å². The smallest absolute Gasteiger partial charge is 0.0540 e. The summed E-state index contributed by atoms with van der Waals surface area (Å²) in [5, 5.41) is 7.64. The molecule has 1 aromatic heterocycles. The van der Waals surface area contributed by atoms with Crippen molar-refractivity contribution in [3.05, 3.63) is 249 Å². The highest BCUT2D eigenvalue weighted by Gasteiger charge is 2.20. The fraction of sp³-hybridized carbons (Fsp3) is 0. The van der Waals surface area contributed by atoms with E-state index < -0.39 is 0 Å². The molecule has 12 rings (SSSR count). The molecule has 11 aromatic carbocycles. The molecule has 0 amide bonds. The van der Waals surface area contributed by atoms with Gasteiger partial charge in [0.25, 0.3) is 0 Å². The number of benzene rings is 11. The Labute approximate surface area is 377 Å². The van der Waals surface area contributed by atoms with Crippen LogP contribution in [0.2, 0.25) is 0 Å². The van der Waals surface area contributed by atoms with Gasteiger partial charge in [-0.2, -0.15) is 0 Å². The predicted octanol–water partition coefficient (Wildman–Crippen LogP) is 18.2. The maximum absolute atomic E-state index is 2.42. The Hall–Kier alpha value is -8.04. The molecule has 0 bridgehead atoms. The summed E-state index contributed by atoms with van der Waals surface area (Å²) < 4.78 is 2.60. The Bertz CT molecular complexity index is 3650. The van der Waals surface area contributed by atoms with Gasteiger partial charge >= 0.3 is 0 Å². The van der Waals surface area contributed by atoms with E-state index >= 15 is 0 Å². The molecule has 0 N–H and O–H groups in total. The topological polar surface area (TPSA) is 3.24 Å². The Morgan fingerprint density at radius 2 is 0.750 bits per heavy atom. The SMILES string of the molecule is c1cc(-c2ccc(N(c3ccc(-c4ccc(-c5cccc6ccccc56)cc4)cc3)c3ccccc3-c3cccc4sc5ccccc5c34)cc2)cc(-c2ccc3ccccc3c2)c1. The molecule has 0 aliphatic carbocycles. The second-order valence-corrected chi connectivity index (χ2v) is 17.6. The van der Waals surface area contributed by atoms with Crippen LogP contribution in [0, 0.1) is 0 Å². The van der Waals surface area contributed by atoms with Crippen molar-refractivity contribution in [3.63, 3.8) is 0 Å². The van der Waals surface area contributed by atoms with Crippen LogP contribution < -0.4 is 4.90 Å². The zero-order chi connectivity index (χ0) is 42.4. The quantitative estimate of drug-likeness (QED) is 0.147. The monoisotopic (exact) mass is 831 g/mol. The van der Waals surface area contributed by atoms with Gasteiger partial charge in [-0.05, 0) is 126 Å². The van der Waals surface area contributed by atoms with Crippen molar-refractivity contribution in [2.24, 2.45) is 0 Å². The predicted molar refractivity (Wildman–Crippen MR) is 276 cm³/mol. The summed E-state index contributed by atoms with van der Waals surface area (Å²) >= 11 is 1.86. The van der Waals surface area contributed by atoms with E-state index in [9.17, 15) is 0 Å². The number of hydrogen-bond acceptors (Lipinski definition) is 2. The molecule has 300 valence electrons. The van der Waals surface area contributed by atoms with Gasteiger partial charge in [0.15, 0.2) is 0 Å². The first-order valence-electron chi connectivity index (χ1n) is 21.9. The average molecular weight is 832 g/mol. The van der Waals surface area contributed by atoms with E-state index in [0.29, 0.717) is 0 Å². The van der Waals surface area contributed by atoms with Gasteiger partial charge in [-0.25, -0.2) is 0 Å². The van der Waals surface area contributed by atoms with Crippen LogP contribution in [0.3, 0.4) is 0 Å². The molecule has 0 aliphatic rings. The van der Waals surface area contributed by atoms with E-state index in [4.69, 9.17) is 0 Å². The fourth-order valence-corrected chi connectivity index (χ4v) is 10.6. The third kappa shape index (κ3) is 6.82. The van der Waals surface area contributed by atoms with Crippen LogP contribution in [0.4, 0.5) is 17.1 Å². The standard InChI is InChI=1S/C62H41NS/c1-2-14-48-41-51(31-28-42(48)12-1)50-17-9-16-49(40-50)45-34-38-53(39-35-45)63(59-23-7-5-19-56(59)57-22-11-25-61-62(57)58-20-6-8-24-60(58)64-61)52-36-32-44(33-37-52)43-26-29-47(30-27-43)55-21-10-15-46-13-3-4-18-54(46)55/h1-41H. The normalized spacial score (nSPS) is 11.4. The number of nitrogens with zero attached hydrogens (tertiary/aromatic N) is 1. The minimum Gasteiger partial charge on any atom is -0.310 e. The van der Waals surface area contributed by atoms with Crippen molar-refractivity contribution in [1.29, 1.82) is 0 Å². The summed E-state index contributed by atoms with van der Waals surface area (Å²) in [6.07, 6.45) is 0. The van der Waals surface area contributed by atoms with Crippen LogP contribution in [-0.4, -0.2) is 0 Å². The summed E-state index contributed by atoms with van der Waals surface area (Å²) in [6, 6.07) is 90.9. The van der Waals surface area contributed by atoms with Crippen molar-refractivity contribution >= 4 is 70.1 Å². The lowest BCUT2D eigenvalue weighted by atomic mass is 9.95. The minimum absolute atomic E-state index is 1.09. The zero-order valence-corrected chi connectivity index (χ0v) is 35.8. The Kier molecular flexibility index (Phi) is 9.43. The van der Waals surface area contributed by atoms with Gasteiger partial charge in [0.1, 0.15) is 0 Å². The van der Waals surface area contributed by atoms with Gasteiger partial charge < -0.3 is 4.90 Å². The van der Waals surface area contributed by atoms with Crippen LogP contribution in [0.5, 0.6) is 0 Å². The van der Waals surface area contributed by atoms with Crippen LogP contribution >= 0.6 is 11.3 Å². The lowest BCUT2D eigenvalue weighted by molar-refractivity contribution is 1.28. The number of hydrogen-bond donors (Lipinski definition) is 0. The van der Waals surface area contributed by atoms with Crippen LogP contribution in [0.25, 0.3) is 97.4 Å². The minimum atomic E-state index is 1.09. The third-order valence-electron chi connectivity index (χ3n) is 12.7. The maximum Gasteiger partial charge on any atom is 0.0540 e. The molecule has 0 spiro atoms. The average Bonchev–Trinajstić information content (AvgIpc) is 3.76. The molecule has 0 fully saturated rings. The molecule has 0 saturated heterocycles. The van der Waals surface area contributed by atoms with Crippen molar-refractivity contribution < 1.29 is 0 Å². The van der Waals surface area contributed by atoms with Crippen molar-refractivity contribution in [2.45, 2.75) is 0 Å². The second kappa shape index (κ2) is 16.0. The van der Waals surface area contributed by atoms with E-state index in [-0.39, 0.29) is 0 Å². The summed E-state index contributed by atoms with van der Waals surface area (Å²) in [4.78, 5) is 2.42. The molecule has 64 heavy (non-hydrogen) atoms. The molecule has 1 heterocycles. The van der Waals surface area contributed by atoms with E-state index in [1.165, 1.54) is 97.4 Å². The van der Waals surface area contributed by atoms with Gasteiger partial charge in [-0.3, -0.25) is 0 Å². The van der Waals surface area contributed by atoms with Crippen LogP contribution in [0.1, 0.15) is 0 Å². The number of anilines is 3. The third-order valence-corrected chi connectivity index (χ3v) is 13.8. The van der Waals surface area contributed by atoms with Crippen molar-refractivity contribution in [3.8, 4) is 55.6 Å². The highest BCUT2D eigenvalue weighted by atomic mass is 32.1. The van der Waals surface area contributed by atoms with Crippen LogP contribution in [-0.2, 0) is 0 Å². The number of para-hydroxylation sites is 1. The summed E-state index contributed by atoms with van der Waals surface area (Å²) in [5.74, 6) is 0. The van der Waals surface area contributed by atoms with Crippen molar-refractivity contribution in [1.82, 2.24) is 0 Å². The number of rotatable bonds is 8. The maximum atomic E-state index is 2.42. The van der Waals surface area contributed by atoms with Crippen LogP contribution in [0.15, 0.2) is 249 Å². The first kappa shape index (κ1) is 37.7. The molecule has 0 unspecified atom stereocenters. The number of thiophene rings is 1. The first-order valence-corrected chi connectivity index (χ1v) is 22.7. The van der Waals surface area contributed by atoms with Gasteiger partial charge in [-0.15, -0.1) is 11.3 Å². The molecule has 0 saturated carbocycles. The van der Waals surface area contributed by atoms with E-state index in [0.717, 1.165) is 17.1 Å². The number of fused-ring (bicyclic) bond motifs is 5. The Morgan fingerprint density at radius 3 is 1.53 bits per heavy atom. The van der Waals surface area contributed by atoms with E-state index in [2.05, 4.69) is 254 Å². The second-order valence-electron chi connectivity index (χ2n) is 16.5. The highest BCUT2D eigenvalue weighted by Crippen LogP contribution is 2.46. The van der Waals surface area contributed by atoms with Gasteiger partial charge in [0, 0.05) is 37.1 Å². The summed E-state index contributed by atoms with van der Waals surface area (Å²) in [6.45, 7) is 0. The zero-order valence-electron chi connectivity index (χ0n) is 35.0. The molecule has 0 atom stereocenters. The lowest BCUT2D eigenvalue weighted by Crippen LogP contribution is -2.11. The molecule has 1 nitrogen and oxygen atoms in total. The first-order chi connectivity index (χ1) is 31.7. The summed E-state index contributed by atoms with van der Waals surface area (Å²) in [5.41, 5.74) is 15.4. The van der Waals surface area contributed by atoms with E-state index in [1.807, 2.05) is 11.3 Å². The Balaban J connectivity index is 0.939. The van der Waals surface area contributed by atoms with Crippen molar-refractivity contribution in [2.75, 3.05) is 4.90 Å². The molecular weight excluding hydrogens is 791 g/mol. The van der Waals surface area contributed by atoms with Gasteiger partial charge in [-0.1, -0.05) is 194 Å². The molecule has 2 heteroatoms.